The van der Waals surface area contributed by atoms with E-state index in [1.165, 1.54) is 6.20 Å². The number of carbonyl (C=O) groups excluding carboxylic acids is 2. The molecule has 8 nitrogen and oxygen atoms in total. The first-order valence-electron chi connectivity index (χ1n) is 11.2. The van der Waals surface area contributed by atoms with Crippen LogP contribution >= 0.6 is 0 Å². The molecule has 0 saturated carbocycles. The maximum Gasteiger partial charge on any atom is 0.411 e. The molecule has 0 N–H and O–H groups in total. The number of piperazine rings is 1. The molecule has 1 amide bonds. The summed E-state index contributed by atoms with van der Waals surface area (Å²) in [6.07, 6.45) is -2.32. The van der Waals surface area contributed by atoms with Crippen molar-refractivity contribution >= 4 is 11.9 Å². The van der Waals surface area contributed by atoms with Gasteiger partial charge < -0.3 is 14.4 Å². The van der Waals surface area contributed by atoms with Gasteiger partial charge >= 0.3 is 12.1 Å². The summed E-state index contributed by atoms with van der Waals surface area (Å²) >= 11 is 0. The van der Waals surface area contributed by atoms with E-state index in [0.29, 0.717) is 56.0 Å². The summed E-state index contributed by atoms with van der Waals surface area (Å²) in [5, 5.41) is 4.26. The first-order chi connectivity index (χ1) is 16.2. The molecule has 34 heavy (non-hydrogen) atoms. The van der Waals surface area contributed by atoms with E-state index in [4.69, 9.17) is 4.74 Å². The number of carbonyl (C=O) groups is 2. The van der Waals surface area contributed by atoms with Gasteiger partial charge in [-0.15, -0.1) is 0 Å². The molecule has 0 atom stereocenters. The van der Waals surface area contributed by atoms with Gasteiger partial charge in [-0.1, -0.05) is 0 Å². The average molecular weight is 483 g/mol. The third-order valence-corrected chi connectivity index (χ3v) is 5.55. The van der Waals surface area contributed by atoms with Crippen molar-refractivity contribution < 1.29 is 32.2 Å². The van der Waals surface area contributed by atoms with Crippen LogP contribution in [0.1, 0.15) is 39.8 Å². The summed E-state index contributed by atoms with van der Waals surface area (Å²) in [7, 11) is 0. The fraction of sp³-hybridized carbons (Fsp3) is 0.522. The molecule has 1 aromatic heterocycles. The van der Waals surface area contributed by atoms with Crippen molar-refractivity contribution in [1.82, 2.24) is 19.6 Å². The summed E-state index contributed by atoms with van der Waals surface area (Å²) in [5.74, 6) is -0.505. The highest BCUT2D eigenvalue weighted by Crippen LogP contribution is 2.18. The lowest BCUT2D eigenvalue weighted by molar-refractivity contribution is -0.174. The van der Waals surface area contributed by atoms with E-state index in [-0.39, 0.29) is 19.1 Å². The second kappa shape index (κ2) is 11.5. The highest BCUT2D eigenvalue weighted by Gasteiger charge is 2.27. The minimum atomic E-state index is -4.30. The maximum atomic E-state index is 12.9. The van der Waals surface area contributed by atoms with Crippen LogP contribution in [0.25, 0.3) is 5.69 Å². The van der Waals surface area contributed by atoms with Gasteiger partial charge in [-0.25, -0.2) is 9.48 Å². The molecule has 2 heterocycles. The van der Waals surface area contributed by atoms with Crippen LogP contribution in [0.15, 0.2) is 30.5 Å². The predicted octanol–water partition coefficient (Wildman–Crippen LogP) is 3.08. The molecule has 11 heteroatoms. The number of esters is 1. The summed E-state index contributed by atoms with van der Waals surface area (Å²) < 4.78 is 47.5. The van der Waals surface area contributed by atoms with Crippen molar-refractivity contribution in [2.24, 2.45) is 0 Å². The number of halogens is 3. The maximum absolute atomic E-state index is 12.9. The third kappa shape index (κ3) is 6.80. The number of hydrogen-bond acceptors (Lipinski definition) is 6. The lowest BCUT2D eigenvalue weighted by Gasteiger charge is -2.34. The summed E-state index contributed by atoms with van der Waals surface area (Å²) in [6, 6.07) is 7.01. The second-order valence-corrected chi connectivity index (χ2v) is 7.98. The third-order valence-electron chi connectivity index (χ3n) is 5.55. The van der Waals surface area contributed by atoms with Gasteiger partial charge in [0.05, 0.1) is 24.2 Å². The molecule has 1 aliphatic rings. The van der Waals surface area contributed by atoms with Crippen molar-refractivity contribution in [3.8, 4) is 5.69 Å². The van der Waals surface area contributed by atoms with Crippen LogP contribution in [0.4, 0.5) is 13.2 Å². The summed E-state index contributed by atoms with van der Waals surface area (Å²) in [4.78, 5) is 28.8. The zero-order chi connectivity index (χ0) is 24.7. The molecular weight excluding hydrogens is 453 g/mol. The van der Waals surface area contributed by atoms with Gasteiger partial charge in [-0.2, -0.15) is 18.3 Å². The molecule has 1 aliphatic heterocycles. The van der Waals surface area contributed by atoms with Gasteiger partial charge in [-0.05, 0) is 44.5 Å². The quantitative estimate of drug-likeness (QED) is 0.404. The van der Waals surface area contributed by atoms with Crippen LogP contribution < -0.4 is 0 Å². The number of nitrogens with zero attached hydrogens (tertiary/aromatic N) is 4. The molecule has 1 aromatic carbocycles. The Kier molecular flexibility index (Phi) is 8.67. The lowest BCUT2D eigenvalue weighted by Crippen LogP contribution is -2.49. The monoisotopic (exact) mass is 482 g/mol. The summed E-state index contributed by atoms with van der Waals surface area (Å²) in [6.45, 7) is 5.68. The number of benzene rings is 1. The van der Waals surface area contributed by atoms with E-state index in [0.717, 1.165) is 5.69 Å². The van der Waals surface area contributed by atoms with Gasteiger partial charge in [0, 0.05) is 44.9 Å². The minimum absolute atomic E-state index is 0.0576. The number of hydrogen-bond donors (Lipinski definition) is 0. The zero-order valence-corrected chi connectivity index (χ0v) is 19.3. The van der Waals surface area contributed by atoms with Crippen LogP contribution in [0.2, 0.25) is 0 Å². The Labute approximate surface area is 196 Å². The van der Waals surface area contributed by atoms with E-state index in [1.807, 2.05) is 0 Å². The Morgan fingerprint density at radius 2 is 1.76 bits per heavy atom. The van der Waals surface area contributed by atoms with E-state index >= 15 is 0 Å². The van der Waals surface area contributed by atoms with Crippen LogP contribution in [-0.4, -0.2) is 90.2 Å². The lowest BCUT2D eigenvalue weighted by atomic mass is 10.1. The van der Waals surface area contributed by atoms with E-state index < -0.39 is 18.8 Å². The summed E-state index contributed by atoms with van der Waals surface area (Å²) in [5.41, 5.74) is 2.32. The standard InChI is InChI=1S/C23H29F3N4O4/c1-3-34-22(32)20-15-27-30(17(20)2)19-7-5-18(6-8-19)21(31)29-12-10-28(11-13-29)9-4-14-33-16-23(24,25)26/h5-8,15H,3-4,9-14,16H2,1-2H3. The SMILES string of the molecule is CCOC(=O)c1cnn(-c2ccc(C(=O)N3CCN(CCCOCC(F)(F)F)CC3)cc2)c1C. The minimum Gasteiger partial charge on any atom is -0.462 e. The molecule has 0 radical (unpaired) electrons. The number of ether oxygens (including phenoxy) is 2. The zero-order valence-electron chi connectivity index (χ0n) is 19.3. The van der Waals surface area contributed by atoms with E-state index in [9.17, 15) is 22.8 Å². The number of rotatable bonds is 9. The molecule has 1 fully saturated rings. The van der Waals surface area contributed by atoms with Crippen LogP contribution in [0, 0.1) is 6.92 Å². The van der Waals surface area contributed by atoms with Gasteiger partial charge in [0.25, 0.3) is 5.91 Å². The number of aromatic nitrogens is 2. The van der Waals surface area contributed by atoms with Gasteiger partial charge in [-0.3, -0.25) is 9.69 Å². The number of amides is 1. The molecule has 0 bridgehead atoms. The van der Waals surface area contributed by atoms with Crippen molar-refractivity contribution in [3.05, 3.63) is 47.3 Å². The fourth-order valence-electron chi connectivity index (χ4n) is 3.76. The Morgan fingerprint density at radius 3 is 2.38 bits per heavy atom. The molecule has 186 valence electrons. The van der Waals surface area contributed by atoms with Gasteiger partial charge in [0.1, 0.15) is 12.2 Å². The normalized spacial score (nSPS) is 14.9. The van der Waals surface area contributed by atoms with Crippen LogP contribution in [0.5, 0.6) is 0 Å². The average Bonchev–Trinajstić information content (AvgIpc) is 3.19. The van der Waals surface area contributed by atoms with Gasteiger partial charge in [0.15, 0.2) is 0 Å². The fourth-order valence-corrected chi connectivity index (χ4v) is 3.76. The molecule has 0 spiro atoms. The predicted molar refractivity (Wildman–Crippen MR) is 118 cm³/mol. The molecular formula is C23H29F3N4O4. The van der Waals surface area contributed by atoms with Crippen molar-refractivity contribution in [2.75, 3.05) is 52.5 Å². The molecule has 2 aromatic rings. The Hall–Kier alpha value is -2.92. The largest absolute Gasteiger partial charge is 0.462 e. The molecule has 1 saturated heterocycles. The second-order valence-electron chi connectivity index (χ2n) is 7.98. The molecule has 0 aliphatic carbocycles. The Morgan fingerprint density at radius 1 is 1.09 bits per heavy atom. The topological polar surface area (TPSA) is 76.9 Å². The van der Waals surface area contributed by atoms with E-state index in [2.05, 4.69) is 14.7 Å². The first-order valence-corrected chi connectivity index (χ1v) is 11.2. The van der Waals surface area contributed by atoms with Crippen molar-refractivity contribution in [2.45, 2.75) is 26.4 Å². The van der Waals surface area contributed by atoms with Crippen molar-refractivity contribution in [3.63, 3.8) is 0 Å². The van der Waals surface area contributed by atoms with Crippen molar-refractivity contribution in [1.29, 1.82) is 0 Å². The smallest absolute Gasteiger partial charge is 0.411 e. The highest BCUT2D eigenvalue weighted by molar-refractivity contribution is 5.94. The van der Waals surface area contributed by atoms with Crippen LogP contribution in [-0.2, 0) is 9.47 Å². The highest BCUT2D eigenvalue weighted by atomic mass is 19.4. The molecule has 0 unspecified atom stereocenters. The number of alkyl halides is 3. The first kappa shape index (κ1) is 25.7. The van der Waals surface area contributed by atoms with Crippen LogP contribution in [0.3, 0.4) is 0 Å². The van der Waals surface area contributed by atoms with E-state index in [1.54, 1.807) is 47.7 Å². The Bertz CT molecular complexity index is 968. The molecule has 3 rings (SSSR count). The Balaban J connectivity index is 1.49. The van der Waals surface area contributed by atoms with Gasteiger partial charge in [0.2, 0.25) is 0 Å².